The number of nitrogens with zero attached hydrogens (tertiary/aromatic N) is 3. The lowest BCUT2D eigenvalue weighted by Crippen LogP contribution is -2.50. The number of benzene rings is 2. The molecule has 2 atom stereocenters. The molecule has 1 fully saturated rings. The molecule has 33 heavy (non-hydrogen) atoms. The molecule has 4 aromatic rings. The zero-order valence-electron chi connectivity index (χ0n) is 17.2. The molecule has 0 aliphatic carbocycles. The molecule has 3 heterocycles. The van der Waals surface area contributed by atoms with Crippen LogP contribution < -0.4 is 10.6 Å². The Kier molecular flexibility index (Phi) is 5.48. The number of rotatable bonds is 3. The highest BCUT2D eigenvalue weighted by Gasteiger charge is 2.30. The molecule has 5 rings (SSSR count). The fourth-order valence-electron chi connectivity index (χ4n) is 4.15. The Balaban J connectivity index is 1.74. The first-order valence-corrected chi connectivity index (χ1v) is 10.7. The number of β-amino-alcohol motifs (C(OH)–C–C–N with tert-alkyl or cyclic N) is 1. The zero-order valence-corrected chi connectivity index (χ0v) is 18.0. The van der Waals surface area contributed by atoms with E-state index in [1.54, 1.807) is 0 Å². The monoisotopic (exact) mass is 473 g/mol. The zero-order chi connectivity index (χ0) is 23.3. The average molecular weight is 474 g/mol. The summed E-state index contributed by atoms with van der Waals surface area (Å²) in [5, 5.41) is 10.8. The number of halogens is 4. The standard InChI is InChI=1S/C23H19ClF3N5O/c24-11-1-2-15(25)12(5-11)13-8-29-9-14(22(13)32-4-3-18(28)21(33)10-32)23-30-19-6-16(26)17(27)7-20(19)31-23/h1-2,5-9,18,21,33H,3-4,10,28H2,(H,30,31)/t18-,21+/m1/s1. The smallest absolute Gasteiger partial charge is 0.161 e. The third-order valence-corrected chi connectivity index (χ3v) is 6.10. The number of piperidine rings is 1. The second-order valence-electron chi connectivity index (χ2n) is 8.04. The molecule has 6 nitrogen and oxygen atoms in total. The van der Waals surface area contributed by atoms with Crippen molar-refractivity contribution < 1.29 is 18.3 Å². The van der Waals surface area contributed by atoms with Gasteiger partial charge < -0.3 is 20.7 Å². The van der Waals surface area contributed by atoms with Crippen molar-refractivity contribution in [3.63, 3.8) is 0 Å². The summed E-state index contributed by atoms with van der Waals surface area (Å²) in [5.41, 5.74) is 8.21. The van der Waals surface area contributed by atoms with E-state index in [-0.39, 0.29) is 23.7 Å². The van der Waals surface area contributed by atoms with Crippen LogP contribution >= 0.6 is 11.6 Å². The maximum atomic E-state index is 14.9. The van der Waals surface area contributed by atoms with Gasteiger partial charge in [-0.15, -0.1) is 0 Å². The number of nitrogens with one attached hydrogen (secondary N) is 1. The summed E-state index contributed by atoms with van der Waals surface area (Å²) in [5.74, 6) is -2.21. The topological polar surface area (TPSA) is 91.1 Å². The third kappa shape index (κ3) is 3.92. The largest absolute Gasteiger partial charge is 0.390 e. The van der Waals surface area contributed by atoms with Gasteiger partial charge in [-0.1, -0.05) is 11.6 Å². The van der Waals surface area contributed by atoms with Crippen LogP contribution in [-0.4, -0.2) is 45.3 Å². The number of aromatic amines is 1. The lowest BCUT2D eigenvalue weighted by atomic mass is 9.97. The van der Waals surface area contributed by atoms with Crippen LogP contribution in [0.15, 0.2) is 42.7 Å². The van der Waals surface area contributed by atoms with Crippen molar-refractivity contribution in [2.45, 2.75) is 18.6 Å². The first kappa shape index (κ1) is 21.7. The Morgan fingerprint density at radius 2 is 1.79 bits per heavy atom. The lowest BCUT2D eigenvalue weighted by molar-refractivity contribution is 0.132. The highest BCUT2D eigenvalue weighted by molar-refractivity contribution is 6.30. The average Bonchev–Trinajstić information content (AvgIpc) is 3.19. The molecule has 4 N–H and O–H groups in total. The van der Waals surface area contributed by atoms with Gasteiger partial charge in [0.2, 0.25) is 0 Å². The summed E-state index contributed by atoms with van der Waals surface area (Å²) in [6, 6.07) is 5.86. The van der Waals surface area contributed by atoms with Crippen LogP contribution in [0.4, 0.5) is 18.9 Å². The number of imidazole rings is 1. The van der Waals surface area contributed by atoms with E-state index < -0.39 is 23.6 Å². The SMILES string of the molecule is N[C@@H]1CCN(c2c(-c3nc4cc(F)c(F)cc4[nH]3)cncc2-c2cc(Cl)ccc2F)C[C@@H]1O. The van der Waals surface area contributed by atoms with Gasteiger partial charge in [-0.25, -0.2) is 18.2 Å². The van der Waals surface area contributed by atoms with E-state index in [0.717, 1.165) is 12.1 Å². The maximum Gasteiger partial charge on any atom is 0.161 e. The molecule has 0 saturated carbocycles. The fourth-order valence-corrected chi connectivity index (χ4v) is 4.33. The van der Waals surface area contributed by atoms with Gasteiger partial charge in [-0.05, 0) is 24.6 Å². The number of hydrogen-bond acceptors (Lipinski definition) is 5. The number of aromatic nitrogens is 3. The number of aliphatic hydroxyl groups excluding tert-OH is 1. The van der Waals surface area contributed by atoms with Crippen LogP contribution in [0, 0.1) is 17.5 Å². The van der Waals surface area contributed by atoms with Gasteiger partial charge in [-0.2, -0.15) is 0 Å². The van der Waals surface area contributed by atoms with E-state index in [4.69, 9.17) is 17.3 Å². The van der Waals surface area contributed by atoms with Crippen molar-refractivity contribution in [2.75, 3.05) is 18.0 Å². The summed E-state index contributed by atoms with van der Waals surface area (Å²) >= 11 is 6.14. The van der Waals surface area contributed by atoms with Crippen LogP contribution in [0.3, 0.4) is 0 Å². The van der Waals surface area contributed by atoms with Gasteiger partial charge in [-0.3, -0.25) is 4.98 Å². The molecule has 0 bridgehead atoms. The van der Waals surface area contributed by atoms with Crippen molar-refractivity contribution in [2.24, 2.45) is 5.73 Å². The molecule has 1 aliphatic rings. The lowest BCUT2D eigenvalue weighted by Gasteiger charge is -2.37. The Bertz CT molecular complexity index is 1320. The minimum atomic E-state index is -1.01. The first-order chi connectivity index (χ1) is 15.8. The molecule has 2 aromatic heterocycles. The first-order valence-electron chi connectivity index (χ1n) is 10.3. The second kappa shape index (κ2) is 8.33. The summed E-state index contributed by atoms with van der Waals surface area (Å²) in [4.78, 5) is 13.6. The minimum Gasteiger partial charge on any atom is -0.390 e. The van der Waals surface area contributed by atoms with Crippen LogP contribution in [0.2, 0.25) is 5.02 Å². The van der Waals surface area contributed by atoms with E-state index in [1.807, 2.05) is 4.90 Å². The molecule has 1 saturated heterocycles. The highest BCUT2D eigenvalue weighted by Crippen LogP contribution is 2.41. The number of aliphatic hydroxyl groups is 1. The van der Waals surface area contributed by atoms with Gasteiger partial charge in [0.15, 0.2) is 11.6 Å². The van der Waals surface area contributed by atoms with E-state index >= 15 is 0 Å². The molecule has 0 spiro atoms. The second-order valence-corrected chi connectivity index (χ2v) is 8.48. The van der Waals surface area contributed by atoms with Crippen LogP contribution in [0.25, 0.3) is 33.5 Å². The van der Waals surface area contributed by atoms with Crippen molar-refractivity contribution in [1.29, 1.82) is 0 Å². The van der Waals surface area contributed by atoms with Crippen LogP contribution in [-0.2, 0) is 0 Å². The minimum absolute atomic E-state index is 0.205. The van der Waals surface area contributed by atoms with Gasteiger partial charge in [0, 0.05) is 59.8 Å². The van der Waals surface area contributed by atoms with E-state index in [9.17, 15) is 18.3 Å². The molecule has 2 aromatic carbocycles. The molecule has 1 aliphatic heterocycles. The summed E-state index contributed by atoms with van der Waals surface area (Å²) < 4.78 is 42.3. The highest BCUT2D eigenvalue weighted by atomic mass is 35.5. The van der Waals surface area contributed by atoms with Gasteiger partial charge in [0.1, 0.15) is 11.6 Å². The number of fused-ring (bicyclic) bond motifs is 1. The summed E-state index contributed by atoms with van der Waals surface area (Å²) in [6.07, 6.45) is 2.76. The van der Waals surface area contributed by atoms with E-state index in [2.05, 4.69) is 15.0 Å². The van der Waals surface area contributed by atoms with Crippen LogP contribution in [0.5, 0.6) is 0 Å². The number of nitrogens with two attached hydrogens (primary N) is 1. The van der Waals surface area contributed by atoms with Crippen LogP contribution in [0.1, 0.15) is 6.42 Å². The number of anilines is 1. The summed E-state index contributed by atoms with van der Waals surface area (Å²) in [7, 11) is 0. The van der Waals surface area contributed by atoms with Crippen molar-refractivity contribution >= 4 is 28.3 Å². The molecular weight excluding hydrogens is 455 g/mol. The predicted molar refractivity (Wildman–Crippen MR) is 120 cm³/mol. The predicted octanol–water partition coefficient (Wildman–Crippen LogP) is 4.26. The molecular formula is C23H19ClF3N5O. The number of H-pyrrole nitrogens is 1. The Morgan fingerprint density at radius 3 is 2.58 bits per heavy atom. The number of pyridine rings is 1. The molecule has 10 heteroatoms. The Labute approximate surface area is 191 Å². The number of hydrogen-bond donors (Lipinski definition) is 3. The summed E-state index contributed by atoms with van der Waals surface area (Å²) in [6.45, 7) is 0.699. The third-order valence-electron chi connectivity index (χ3n) is 5.87. The van der Waals surface area contributed by atoms with E-state index in [1.165, 1.54) is 30.6 Å². The van der Waals surface area contributed by atoms with Crippen molar-refractivity contribution in [1.82, 2.24) is 15.0 Å². The molecule has 0 amide bonds. The Hall–Kier alpha value is -3.14. The molecule has 170 valence electrons. The van der Waals surface area contributed by atoms with Gasteiger partial charge >= 0.3 is 0 Å². The van der Waals surface area contributed by atoms with Crippen molar-refractivity contribution in [3.05, 3.63) is 65.2 Å². The van der Waals surface area contributed by atoms with Crippen molar-refractivity contribution in [3.8, 4) is 22.5 Å². The van der Waals surface area contributed by atoms with Gasteiger partial charge in [0.05, 0.1) is 28.4 Å². The quantitative estimate of drug-likeness (QED) is 0.413. The molecule has 0 unspecified atom stereocenters. The van der Waals surface area contributed by atoms with Gasteiger partial charge in [0.25, 0.3) is 0 Å². The maximum absolute atomic E-state index is 14.9. The molecule has 0 radical (unpaired) electrons. The Morgan fingerprint density at radius 1 is 1.03 bits per heavy atom. The normalized spacial score (nSPS) is 18.8. The fraction of sp³-hybridized carbons (Fsp3) is 0.217. The van der Waals surface area contributed by atoms with E-state index in [0.29, 0.717) is 46.1 Å².